The van der Waals surface area contributed by atoms with E-state index in [0.717, 1.165) is 17.0 Å². The van der Waals surface area contributed by atoms with Crippen LogP contribution in [-0.2, 0) is 7.05 Å². The van der Waals surface area contributed by atoms with E-state index in [2.05, 4.69) is 5.10 Å². The maximum Gasteiger partial charge on any atom is 0.189 e. The van der Waals surface area contributed by atoms with Crippen molar-refractivity contribution >= 4 is 11.9 Å². The average Bonchev–Trinajstić information content (AvgIpc) is 2.75. The summed E-state index contributed by atoms with van der Waals surface area (Å²) in [5.74, 6) is 0.757. The molecule has 0 atom stereocenters. The van der Waals surface area contributed by atoms with E-state index >= 15 is 0 Å². The van der Waals surface area contributed by atoms with Gasteiger partial charge in [-0.15, -0.1) is 0 Å². The van der Waals surface area contributed by atoms with Crippen molar-refractivity contribution in [2.45, 2.75) is 6.92 Å². The SMILES string of the molecule is COc1ccc(/C=C\C(=O)c2cn(C)nc2C)cc1. The third-order valence-corrected chi connectivity index (χ3v) is 2.82. The summed E-state index contributed by atoms with van der Waals surface area (Å²) in [5.41, 5.74) is 2.33. The highest BCUT2D eigenvalue weighted by Crippen LogP contribution is 2.13. The molecule has 0 saturated heterocycles. The van der Waals surface area contributed by atoms with E-state index in [9.17, 15) is 4.79 Å². The van der Waals surface area contributed by atoms with Crippen molar-refractivity contribution in [3.63, 3.8) is 0 Å². The van der Waals surface area contributed by atoms with Gasteiger partial charge < -0.3 is 4.74 Å². The van der Waals surface area contributed by atoms with Crippen LogP contribution in [0.25, 0.3) is 6.08 Å². The Kier molecular flexibility index (Phi) is 3.80. The van der Waals surface area contributed by atoms with E-state index in [4.69, 9.17) is 4.74 Å². The minimum Gasteiger partial charge on any atom is -0.497 e. The Morgan fingerprint density at radius 3 is 2.53 bits per heavy atom. The lowest BCUT2D eigenvalue weighted by atomic mass is 10.1. The maximum atomic E-state index is 12.0. The number of nitrogens with zero attached hydrogens (tertiary/aromatic N) is 2. The van der Waals surface area contributed by atoms with Crippen LogP contribution in [0.4, 0.5) is 0 Å². The van der Waals surface area contributed by atoms with Crippen molar-refractivity contribution in [3.05, 3.63) is 53.4 Å². The lowest BCUT2D eigenvalue weighted by Gasteiger charge is -1.98. The van der Waals surface area contributed by atoms with Crippen molar-refractivity contribution < 1.29 is 9.53 Å². The summed E-state index contributed by atoms with van der Waals surface area (Å²) in [4.78, 5) is 12.0. The van der Waals surface area contributed by atoms with Gasteiger partial charge in [-0.1, -0.05) is 18.2 Å². The van der Waals surface area contributed by atoms with Crippen molar-refractivity contribution in [1.29, 1.82) is 0 Å². The quantitative estimate of drug-likeness (QED) is 0.624. The molecule has 0 N–H and O–H groups in total. The zero-order valence-corrected chi connectivity index (χ0v) is 11.3. The molecule has 0 saturated carbocycles. The number of aryl methyl sites for hydroxylation is 2. The molecule has 0 unspecified atom stereocenters. The molecule has 0 radical (unpaired) electrons. The fourth-order valence-electron chi connectivity index (χ4n) is 1.82. The zero-order chi connectivity index (χ0) is 13.8. The molecule has 1 aromatic heterocycles. The Morgan fingerprint density at radius 2 is 2.00 bits per heavy atom. The van der Waals surface area contributed by atoms with Gasteiger partial charge in [0.2, 0.25) is 0 Å². The number of ether oxygens (including phenoxy) is 1. The minimum absolute atomic E-state index is 0.0404. The average molecular weight is 256 g/mol. The van der Waals surface area contributed by atoms with Crippen LogP contribution in [-0.4, -0.2) is 22.7 Å². The highest BCUT2D eigenvalue weighted by molar-refractivity contribution is 6.07. The zero-order valence-electron chi connectivity index (χ0n) is 11.3. The first-order valence-electron chi connectivity index (χ1n) is 5.97. The molecule has 2 rings (SSSR count). The summed E-state index contributed by atoms with van der Waals surface area (Å²) in [7, 11) is 3.43. The van der Waals surface area contributed by atoms with Crippen molar-refractivity contribution in [2.75, 3.05) is 7.11 Å². The molecule has 1 heterocycles. The van der Waals surface area contributed by atoms with Gasteiger partial charge in [0.05, 0.1) is 18.4 Å². The van der Waals surface area contributed by atoms with E-state index in [0.29, 0.717) is 5.56 Å². The first-order valence-corrected chi connectivity index (χ1v) is 5.97. The Bertz CT molecular complexity index is 610. The van der Waals surface area contributed by atoms with Crippen LogP contribution in [0.2, 0.25) is 0 Å². The number of allylic oxidation sites excluding steroid dienone is 1. The summed E-state index contributed by atoms with van der Waals surface area (Å²) < 4.78 is 6.72. The second-order valence-electron chi connectivity index (χ2n) is 4.27. The van der Waals surface area contributed by atoms with Crippen molar-refractivity contribution in [1.82, 2.24) is 9.78 Å². The third-order valence-electron chi connectivity index (χ3n) is 2.82. The molecule has 4 heteroatoms. The summed E-state index contributed by atoms with van der Waals surface area (Å²) in [5, 5.41) is 4.16. The fraction of sp³-hybridized carbons (Fsp3) is 0.200. The molecule has 19 heavy (non-hydrogen) atoms. The topological polar surface area (TPSA) is 44.1 Å². The van der Waals surface area contributed by atoms with Gasteiger partial charge in [-0.05, 0) is 30.7 Å². The number of carbonyl (C=O) groups is 1. The van der Waals surface area contributed by atoms with E-state index < -0.39 is 0 Å². The Hall–Kier alpha value is -2.36. The Balaban J connectivity index is 2.13. The highest BCUT2D eigenvalue weighted by Gasteiger charge is 2.09. The van der Waals surface area contributed by atoms with Gasteiger partial charge >= 0.3 is 0 Å². The lowest BCUT2D eigenvalue weighted by Crippen LogP contribution is -1.94. The van der Waals surface area contributed by atoms with Gasteiger partial charge in [0.1, 0.15) is 5.75 Å². The number of carbonyl (C=O) groups excluding carboxylic acids is 1. The van der Waals surface area contributed by atoms with Crippen LogP contribution in [0.15, 0.2) is 36.5 Å². The standard InChI is InChI=1S/C15H16N2O2/c1-11-14(10-17(2)16-11)15(18)9-6-12-4-7-13(19-3)8-5-12/h4-10H,1-3H3/b9-6-. The molecule has 4 nitrogen and oxygen atoms in total. The van der Waals surface area contributed by atoms with Crippen LogP contribution >= 0.6 is 0 Å². The summed E-state index contributed by atoms with van der Waals surface area (Å²) in [6.07, 6.45) is 5.08. The van der Waals surface area contributed by atoms with Crippen LogP contribution in [0, 0.1) is 6.92 Å². The number of rotatable bonds is 4. The van der Waals surface area contributed by atoms with Gasteiger partial charge in [-0.25, -0.2) is 0 Å². The van der Waals surface area contributed by atoms with E-state index in [1.807, 2.05) is 31.2 Å². The highest BCUT2D eigenvalue weighted by atomic mass is 16.5. The number of benzene rings is 1. The second-order valence-corrected chi connectivity index (χ2v) is 4.27. The molecule has 0 aliphatic heterocycles. The van der Waals surface area contributed by atoms with Gasteiger partial charge in [0, 0.05) is 13.2 Å². The first-order chi connectivity index (χ1) is 9.10. The number of aromatic nitrogens is 2. The Labute approximate surface area is 112 Å². The smallest absolute Gasteiger partial charge is 0.189 e. The van der Waals surface area contributed by atoms with Crippen molar-refractivity contribution in [3.8, 4) is 5.75 Å². The number of hydrogen-bond donors (Lipinski definition) is 0. The largest absolute Gasteiger partial charge is 0.497 e. The van der Waals surface area contributed by atoms with Crippen LogP contribution in [0.5, 0.6) is 5.75 Å². The first kappa shape index (κ1) is 13.1. The molecule has 0 fully saturated rings. The molecule has 2 aromatic rings. The number of methoxy groups -OCH3 is 1. The monoisotopic (exact) mass is 256 g/mol. The predicted octanol–water partition coefficient (Wildman–Crippen LogP) is 2.63. The molecule has 1 aromatic carbocycles. The van der Waals surface area contributed by atoms with Gasteiger partial charge in [0.25, 0.3) is 0 Å². The molecular weight excluding hydrogens is 240 g/mol. The normalized spacial score (nSPS) is 10.9. The predicted molar refractivity (Wildman–Crippen MR) is 74.3 cm³/mol. The molecule has 0 amide bonds. The van der Waals surface area contributed by atoms with E-state index in [1.54, 1.807) is 37.2 Å². The second kappa shape index (κ2) is 5.52. The maximum absolute atomic E-state index is 12.0. The number of hydrogen-bond acceptors (Lipinski definition) is 3. The summed E-state index contributed by atoms with van der Waals surface area (Å²) in [6.45, 7) is 1.83. The summed E-state index contributed by atoms with van der Waals surface area (Å²) in [6, 6.07) is 7.52. The van der Waals surface area contributed by atoms with Gasteiger partial charge in [-0.2, -0.15) is 5.10 Å². The summed E-state index contributed by atoms with van der Waals surface area (Å²) >= 11 is 0. The van der Waals surface area contributed by atoms with Crippen LogP contribution in [0.1, 0.15) is 21.6 Å². The Morgan fingerprint density at radius 1 is 1.32 bits per heavy atom. The molecule has 0 aliphatic rings. The van der Waals surface area contributed by atoms with E-state index in [1.165, 1.54) is 0 Å². The fourth-order valence-corrected chi connectivity index (χ4v) is 1.82. The number of ketones is 1. The van der Waals surface area contributed by atoms with Gasteiger partial charge in [-0.3, -0.25) is 9.48 Å². The molecule has 0 bridgehead atoms. The van der Waals surface area contributed by atoms with E-state index in [-0.39, 0.29) is 5.78 Å². The van der Waals surface area contributed by atoms with Crippen LogP contribution < -0.4 is 4.74 Å². The minimum atomic E-state index is -0.0404. The van der Waals surface area contributed by atoms with Crippen LogP contribution in [0.3, 0.4) is 0 Å². The molecular formula is C15H16N2O2. The lowest BCUT2D eigenvalue weighted by molar-refractivity contribution is 0.104. The van der Waals surface area contributed by atoms with Crippen molar-refractivity contribution in [2.24, 2.45) is 7.05 Å². The molecule has 98 valence electrons. The third kappa shape index (κ3) is 3.10. The van der Waals surface area contributed by atoms with Gasteiger partial charge in [0.15, 0.2) is 5.78 Å². The molecule has 0 spiro atoms. The molecule has 0 aliphatic carbocycles.